The SMILES string of the molecule is CC(C)(C)OC(=O)N[C@H]1CCCCC/C=C\C2C[C@@]2(C(=O)O)NC(=O)[C@@H]2C[C@@H](OC(=O)N3Cc4ccc5c(c4C3)OCCCO5)CN2C1=O. The van der Waals surface area contributed by atoms with Gasteiger partial charge in [-0.1, -0.05) is 31.1 Å². The van der Waals surface area contributed by atoms with Gasteiger partial charge in [-0.25, -0.2) is 14.4 Å². The minimum Gasteiger partial charge on any atom is -0.490 e. The van der Waals surface area contributed by atoms with E-state index in [0.717, 1.165) is 36.8 Å². The van der Waals surface area contributed by atoms with E-state index < -0.39 is 59.3 Å². The van der Waals surface area contributed by atoms with E-state index in [0.29, 0.717) is 44.1 Å². The van der Waals surface area contributed by atoms with Crippen LogP contribution in [0.5, 0.6) is 11.5 Å². The van der Waals surface area contributed by atoms with Crippen LogP contribution in [-0.4, -0.2) is 94.0 Å². The second kappa shape index (κ2) is 13.8. The van der Waals surface area contributed by atoms with Crippen LogP contribution in [0.15, 0.2) is 24.3 Å². The molecular formula is C35H46N4O10. The summed E-state index contributed by atoms with van der Waals surface area (Å²) in [5, 5.41) is 15.5. The molecule has 14 nitrogen and oxygen atoms in total. The number of nitrogens with one attached hydrogen (secondary N) is 2. The van der Waals surface area contributed by atoms with Crippen molar-refractivity contribution in [1.29, 1.82) is 0 Å². The summed E-state index contributed by atoms with van der Waals surface area (Å²) in [6.45, 7) is 6.65. The number of amides is 4. The van der Waals surface area contributed by atoms with E-state index in [1.54, 1.807) is 20.8 Å². The van der Waals surface area contributed by atoms with Gasteiger partial charge in [-0.05, 0) is 58.1 Å². The van der Waals surface area contributed by atoms with E-state index in [1.807, 2.05) is 24.3 Å². The fourth-order valence-corrected chi connectivity index (χ4v) is 7.05. The number of carbonyl (C=O) groups excluding carboxylic acids is 4. The van der Waals surface area contributed by atoms with E-state index in [9.17, 15) is 29.1 Å². The topological polar surface area (TPSA) is 173 Å². The molecule has 1 aliphatic carbocycles. The number of ether oxygens (including phenoxy) is 4. The molecule has 0 aromatic heterocycles. The maximum absolute atomic E-state index is 14.2. The standard InChI is InChI=1S/C35H46N4O10/c1-34(2,3)49-32(44)36-25-11-8-6-4-5-7-10-22-17-35(22,31(42)43)37-29(40)26-16-23(19-39(26)30(25)41)48-33(45)38-18-21-12-13-27-28(24(21)20-38)47-15-9-14-46-27/h7,10,12-13,22-23,25-26H,4-6,8-9,11,14-20H2,1-3H3,(H,36,44)(H,37,40)(H,42,43)/b10-7-/t22?,23-,25+,26+,35-/m1/s1. The van der Waals surface area contributed by atoms with Gasteiger partial charge in [0.05, 0.1) is 26.3 Å². The van der Waals surface area contributed by atoms with Gasteiger partial charge in [0.2, 0.25) is 11.8 Å². The monoisotopic (exact) mass is 682 g/mol. The minimum absolute atomic E-state index is 0.0359. The molecule has 1 unspecified atom stereocenters. The average molecular weight is 683 g/mol. The third kappa shape index (κ3) is 7.57. The highest BCUT2D eigenvalue weighted by Crippen LogP contribution is 2.45. The Labute approximate surface area is 285 Å². The number of nitrogens with zero attached hydrogens (tertiary/aromatic N) is 2. The Morgan fingerprint density at radius 2 is 1.86 bits per heavy atom. The summed E-state index contributed by atoms with van der Waals surface area (Å²) in [5.41, 5.74) is -0.504. The molecule has 5 aliphatic rings. The van der Waals surface area contributed by atoms with Crippen LogP contribution in [0.25, 0.3) is 0 Å². The average Bonchev–Trinajstić information content (AvgIpc) is 3.41. The van der Waals surface area contributed by atoms with Crippen molar-refractivity contribution in [3.05, 3.63) is 35.4 Å². The lowest BCUT2D eigenvalue weighted by atomic mass is 10.0. The predicted octanol–water partition coefficient (Wildman–Crippen LogP) is 3.64. The first-order chi connectivity index (χ1) is 23.3. The number of carboxylic acid groups (broad SMARTS) is 1. The van der Waals surface area contributed by atoms with E-state index >= 15 is 0 Å². The molecule has 14 heteroatoms. The van der Waals surface area contributed by atoms with Crippen molar-refractivity contribution in [2.45, 2.75) is 115 Å². The number of carboxylic acids is 1. The van der Waals surface area contributed by atoms with Gasteiger partial charge < -0.3 is 39.6 Å². The Balaban J connectivity index is 1.21. The Bertz CT molecular complexity index is 1520. The first-order valence-electron chi connectivity index (χ1n) is 17.2. The van der Waals surface area contributed by atoms with Gasteiger partial charge in [0.1, 0.15) is 29.3 Å². The maximum atomic E-state index is 14.2. The number of benzene rings is 1. The van der Waals surface area contributed by atoms with E-state index in [4.69, 9.17) is 18.9 Å². The molecular weight excluding hydrogens is 636 g/mol. The lowest BCUT2D eigenvalue weighted by molar-refractivity contribution is -0.145. The number of aliphatic carboxylic acids is 1. The molecule has 266 valence electrons. The second-order valence-corrected chi connectivity index (χ2v) is 14.5. The molecule has 0 spiro atoms. The summed E-state index contributed by atoms with van der Waals surface area (Å²) in [6.07, 6.45) is 5.75. The van der Waals surface area contributed by atoms with E-state index in [1.165, 1.54) is 9.80 Å². The molecule has 1 saturated heterocycles. The van der Waals surface area contributed by atoms with Crippen molar-refractivity contribution in [1.82, 2.24) is 20.4 Å². The smallest absolute Gasteiger partial charge is 0.410 e. The Hall–Kier alpha value is -4.49. The molecule has 4 aliphatic heterocycles. The minimum atomic E-state index is -1.48. The van der Waals surface area contributed by atoms with Crippen LogP contribution in [0.2, 0.25) is 0 Å². The van der Waals surface area contributed by atoms with Crippen molar-refractivity contribution in [3.8, 4) is 11.5 Å². The van der Waals surface area contributed by atoms with Gasteiger partial charge in [-0.15, -0.1) is 0 Å². The fourth-order valence-electron chi connectivity index (χ4n) is 7.05. The number of carbonyl (C=O) groups is 5. The number of hydrogen-bond donors (Lipinski definition) is 3. The third-order valence-electron chi connectivity index (χ3n) is 9.66. The van der Waals surface area contributed by atoms with Crippen molar-refractivity contribution in [3.63, 3.8) is 0 Å². The molecule has 2 fully saturated rings. The normalized spacial score (nSPS) is 29.1. The van der Waals surface area contributed by atoms with Crippen LogP contribution in [0.1, 0.15) is 83.3 Å². The molecule has 5 atom stereocenters. The molecule has 6 rings (SSSR count). The largest absolute Gasteiger partial charge is 0.490 e. The Morgan fingerprint density at radius 3 is 2.63 bits per heavy atom. The summed E-state index contributed by atoms with van der Waals surface area (Å²) in [7, 11) is 0. The van der Waals surface area contributed by atoms with Gasteiger partial charge in [0.15, 0.2) is 11.5 Å². The molecule has 1 aromatic carbocycles. The molecule has 3 N–H and O–H groups in total. The number of fused-ring (bicyclic) bond motifs is 5. The Kier molecular flexibility index (Phi) is 9.67. The zero-order valence-corrected chi connectivity index (χ0v) is 28.3. The van der Waals surface area contributed by atoms with Crippen molar-refractivity contribution >= 4 is 30.0 Å². The van der Waals surface area contributed by atoms with Gasteiger partial charge in [-0.2, -0.15) is 0 Å². The Morgan fingerprint density at radius 1 is 1.06 bits per heavy atom. The van der Waals surface area contributed by atoms with Crippen molar-refractivity contribution in [2.75, 3.05) is 19.8 Å². The number of rotatable bonds is 3. The molecule has 4 heterocycles. The highest BCUT2D eigenvalue weighted by atomic mass is 16.6. The van der Waals surface area contributed by atoms with Gasteiger partial charge in [0.25, 0.3) is 0 Å². The fraction of sp³-hybridized carbons (Fsp3) is 0.629. The zero-order valence-electron chi connectivity index (χ0n) is 28.3. The summed E-state index contributed by atoms with van der Waals surface area (Å²) in [5.74, 6) is -1.43. The first kappa shape index (κ1) is 34.4. The van der Waals surface area contributed by atoms with Crippen LogP contribution >= 0.6 is 0 Å². The van der Waals surface area contributed by atoms with Gasteiger partial charge >= 0.3 is 18.2 Å². The van der Waals surface area contributed by atoms with Crippen molar-refractivity contribution in [2.24, 2.45) is 5.92 Å². The number of hydrogen-bond acceptors (Lipinski definition) is 9. The molecule has 1 aromatic rings. The van der Waals surface area contributed by atoms with E-state index in [2.05, 4.69) is 10.6 Å². The zero-order chi connectivity index (χ0) is 34.9. The molecule has 49 heavy (non-hydrogen) atoms. The lowest BCUT2D eigenvalue weighted by Crippen LogP contribution is -2.56. The lowest BCUT2D eigenvalue weighted by Gasteiger charge is -2.30. The van der Waals surface area contributed by atoms with E-state index in [-0.39, 0.29) is 31.8 Å². The van der Waals surface area contributed by atoms with Crippen LogP contribution in [-0.2, 0) is 36.9 Å². The van der Waals surface area contributed by atoms with Crippen molar-refractivity contribution < 1.29 is 48.0 Å². The van der Waals surface area contributed by atoms with Crippen LogP contribution in [0.4, 0.5) is 9.59 Å². The highest BCUT2D eigenvalue weighted by molar-refractivity contribution is 5.96. The summed E-state index contributed by atoms with van der Waals surface area (Å²) in [6, 6.07) is 1.61. The van der Waals surface area contributed by atoms with Gasteiger partial charge in [0, 0.05) is 30.9 Å². The van der Waals surface area contributed by atoms with Crippen LogP contribution < -0.4 is 20.1 Å². The number of allylic oxidation sites excluding steroid dienone is 1. The molecule has 4 amide bonds. The summed E-state index contributed by atoms with van der Waals surface area (Å²) < 4.78 is 23.1. The van der Waals surface area contributed by atoms with Crippen LogP contribution in [0.3, 0.4) is 0 Å². The first-order valence-corrected chi connectivity index (χ1v) is 17.2. The number of alkyl carbamates (subject to hydrolysis) is 1. The quantitative estimate of drug-likeness (QED) is 0.400. The maximum Gasteiger partial charge on any atom is 0.410 e. The molecule has 0 bridgehead atoms. The summed E-state index contributed by atoms with van der Waals surface area (Å²) in [4.78, 5) is 69.6. The molecule has 1 saturated carbocycles. The molecule has 0 radical (unpaired) electrons. The predicted molar refractivity (Wildman–Crippen MR) is 174 cm³/mol. The highest BCUT2D eigenvalue weighted by Gasteiger charge is 2.61. The summed E-state index contributed by atoms with van der Waals surface area (Å²) >= 11 is 0. The third-order valence-corrected chi connectivity index (χ3v) is 9.66. The van der Waals surface area contributed by atoms with Crippen LogP contribution in [0, 0.1) is 5.92 Å². The van der Waals surface area contributed by atoms with Gasteiger partial charge in [-0.3, -0.25) is 14.5 Å². The second-order valence-electron chi connectivity index (χ2n) is 14.5.